The van der Waals surface area contributed by atoms with Gasteiger partial charge in [-0.05, 0) is 19.1 Å². The lowest BCUT2D eigenvalue weighted by atomic mass is 9.87. The van der Waals surface area contributed by atoms with E-state index in [4.69, 9.17) is 4.42 Å². The molecule has 0 unspecified atom stereocenters. The number of quaternary nitrogens is 1. The number of carbonyl (C=O) groups is 1. The molecule has 1 aromatic rings. The Morgan fingerprint density at radius 1 is 1.35 bits per heavy atom. The molecule has 1 aliphatic heterocycles. The van der Waals surface area contributed by atoms with Crippen LogP contribution >= 0.6 is 0 Å². The van der Waals surface area contributed by atoms with E-state index < -0.39 is 0 Å². The quantitative estimate of drug-likeness (QED) is 0.793. The molecule has 0 radical (unpaired) electrons. The van der Waals surface area contributed by atoms with Crippen LogP contribution in [-0.2, 0) is 4.79 Å². The van der Waals surface area contributed by atoms with Crippen LogP contribution in [0.15, 0.2) is 16.5 Å². The van der Waals surface area contributed by atoms with Crippen LogP contribution < -0.4 is 5.32 Å². The Morgan fingerprint density at radius 3 is 2.41 bits per heavy atom. The van der Waals surface area contributed by atoms with Gasteiger partial charge in [0.05, 0.1) is 0 Å². The smallest absolute Gasteiger partial charge is 0.286 e. The maximum atomic E-state index is 12.2. The normalized spacial score (nSPS) is 25.7. The topological polar surface area (TPSA) is 50.1 Å². The fourth-order valence-electron chi connectivity index (χ4n) is 2.31. The van der Waals surface area contributed by atoms with Crippen LogP contribution in [0.25, 0.3) is 0 Å². The number of carbonyl (C=O) groups excluding carboxylic acids is 1. The highest BCUT2D eigenvalue weighted by atomic mass is 16.3. The van der Waals surface area contributed by atoms with Gasteiger partial charge in [0, 0.05) is 12.5 Å². The highest BCUT2D eigenvalue weighted by molar-refractivity contribution is 5.82. The van der Waals surface area contributed by atoms with Crippen LogP contribution in [-0.4, -0.2) is 23.9 Å². The molecule has 1 aromatic heterocycles. The zero-order chi connectivity index (χ0) is 12.8. The van der Waals surface area contributed by atoms with Gasteiger partial charge in [-0.25, -0.2) is 0 Å². The van der Waals surface area contributed by atoms with Crippen molar-refractivity contribution in [3.63, 3.8) is 0 Å². The molecule has 0 spiro atoms. The molecule has 17 heavy (non-hydrogen) atoms. The van der Waals surface area contributed by atoms with Crippen LogP contribution in [0.5, 0.6) is 0 Å². The Morgan fingerprint density at radius 2 is 2.00 bits per heavy atom. The lowest BCUT2D eigenvalue weighted by Crippen LogP contribution is -2.91. The first-order valence-electron chi connectivity index (χ1n) is 5.98. The molecule has 0 aromatic carbocycles. The van der Waals surface area contributed by atoms with E-state index in [1.54, 1.807) is 4.90 Å². The van der Waals surface area contributed by atoms with Crippen molar-refractivity contribution in [2.75, 3.05) is 7.05 Å². The summed E-state index contributed by atoms with van der Waals surface area (Å²) in [6.07, 6.45) is -0.0274. The van der Waals surface area contributed by atoms with Crippen molar-refractivity contribution in [1.29, 1.82) is 0 Å². The fourth-order valence-corrected chi connectivity index (χ4v) is 2.31. The predicted molar refractivity (Wildman–Crippen MR) is 64.1 cm³/mol. The number of rotatable bonds is 1. The average Bonchev–Trinajstić information content (AvgIpc) is 2.73. The number of amides is 1. The fraction of sp³-hybridized carbons (Fsp3) is 0.615. The van der Waals surface area contributed by atoms with Gasteiger partial charge in [0.25, 0.3) is 5.91 Å². The summed E-state index contributed by atoms with van der Waals surface area (Å²) >= 11 is 0. The lowest BCUT2D eigenvalue weighted by molar-refractivity contribution is -0.724. The monoisotopic (exact) mass is 237 g/mol. The van der Waals surface area contributed by atoms with E-state index in [-0.39, 0.29) is 23.5 Å². The van der Waals surface area contributed by atoms with Gasteiger partial charge >= 0.3 is 0 Å². The number of nitrogens with two attached hydrogens (primary N) is 1. The summed E-state index contributed by atoms with van der Waals surface area (Å²) in [4.78, 5) is 14.0. The van der Waals surface area contributed by atoms with Crippen molar-refractivity contribution in [1.82, 2.24) is 4.90 Å². The summed E-state index contributed by atoms with van der Waals surface area (Å²) in [5.74, 6) is 1.91. The van der Waals surface area contributed by atoms with Crippen molar-refractivity contribution in [2.45, 2.75) is 39.9 Å². The van der Waals surface area contributed by atoms with Crippen LogP contribution in [0.2, 0.25) is 0 Å². The SMILES string of the molecule is Cc1ccc([C@@H]2[NH2+][C@@H](C(C)(C)C)C(=O)N2C)o1. The molecule has 2 rings (SSSR count). The maximum absolute atomic E-state index is 12.2. The highest BCUT2D eigenvalue weighted by Gasteiger charge is 2.48. The van der Waals surface area contributed by atoms with E-state index in [2.05, 4.69) is 26.1 Å². The van der Waals surface area contributed by atoms with Gasteiger partial charge in [-0.3, -0.25) is 9.69 Å². The Balaban J connectivity index is 2.26. The molecule has 1 aliphatic rings. The Labute approximate surface area is 102 Å². The third-order valence-corrected chi connectivity index (χ3v) is 3.39. The first-order chi connectivity index (χ1) is 7.80. The second-order valence-electron chi connectivity index (χ2n) is 5.88. The van der Waals surface area contributed by atoms with Crippen molar-refractivity contribution < 1.29 is 14.5 Å². The summed E-state index contributed by atoms with van der Waals surface area (Å²) in [7, 11) is 1.84. The number of nitrogens with zero attached hydrogens (tertiary/aromatic N) is 1. The largest absolute Gasteiger partial charge is 0.458 e. The van der Waals surface area contributed by atoms with E-state index in [9.17, 15) is 4.79 Å². The molecule has 1 saturated heterocycles. The first kappa shape index (κ1) is 12.2. The zero-order valence-corrected chi connectivity index (χ0v) is 11.2. The van der Waals surface area contributed by atoms with Crippen molar-refractivity contribution in [3.05, 3.63) is 23.7 Å². The number of aryl methyl sites for hydroxylation is 1. The summed E-state index contributed by atoms with van der Waals surface area (Å²) in [5, 5.41) is 2.10. The van der Waals surface area contributed by atoms with E-state index in [0.717, 1.165) is 11.5 Å². The number of hydrogen-bond donors (Lipinski definition) is 1. The number of furan rings is 1. The van der Waals surface area contributed by atoms with Crippen LogP contribution in [0.4, 0.5) is 0 Å². The van der Waals surface area contributed by atoms with Gasteiger partial charge in [-0.15, -0.1) is 0 Å². The Kier molecular flexibility index (Phi) is 2.78. The van der Waals surface area contributed by atoms with Crippen molar-refractivity contribution in [3.8, 4) is 0 Å². The standard InChI is InChI=1S/C13H20N2O2/c1-8-6-7-9(17-8)11-14-10(13(2,3)4)12(16)15(11)5/h6-7,10-11,14H,1-5H3/p+1/t10-,11-/m1/s1. The molecule has 2 atom stereocenters. The van der Waals surface area contributed by atoms with Crippen LogP contribution in [0.3, 0.4) is 0 Å². The minimum Gasteiger partial charge on any atom is -0.458 e. The molecule has 0 saturated carbocycles. The van der Waals surface area contributed by atoms with E-state index in [0.29, 0.717) is 0 Å². The molecule has 2 N–H and O–H groups in total. The summed E-state index contributed by atoms with van der Waals surface area (Å²) < 4.78 is 5.62. The van der Waals surface area contributed by atoms with Gasteiger partial charge < -0.3 is 9.73 Å². The molecular weight excluding hydrogens is 216 g/mol. The second-order valence-corrected chi connectivity index (χ2v) is 5.88. The summed E-state index contributed by atoms with van der Waals surface area (Å²) in [5.41, 5.74) is -0.0399. The predicted octanol–water partition coefficient (Wildman–Crippen LogP) is 1.04. The molecule has 4 nitrogen and oxygen atoms in total. The lowest BCUT2D eigenvalue weighted by Gasteiger charge is -2.21. The highest BCUT2D eigenvalue weighted by Crippen LogP contribution is 2.26. The molecule has 0 bridgehead atoms. The third kappa shape index (κ3) is 2.09. The zero-order valence-electron chi connectivity index (χ0n) is 11.2. The first-order valence-corrected chi connectivity index (χ1v) is 5.98. The minimum absolute atomic E-state index is 0.0274. The van der Waals surface area contributed by atoms with Crippen molar-refractivity contribution >= 4 is 5.91 Å². The van der Waals surface area contributed by atoms with Gasteiger partial charge in [0.15, 0.2) is 11.8 Å². The van der Waals surface area contributed by atoms with E-state index >= 15 is 0 Å². The molecular formula is C13H21N2O2+. The van der Waals surface area contributed by atoms with E-state index in [1.807, 2.05) is 26.1 Å². The second kappa shape index (κ2) is 3.88. The number of likely N-dealkylation sites (N-methyl/N-ethyl adjacent to an activating group) is 1. The van der Waals surface area contributed by atoms with E-state index in [1.165, 1.54) is 0 Å². The van der Waals surface area contributed by atoms with Gasteiger partial charge in [0.2, 0.25) is 6.17 Å². The van der Waals surface area contributed by atoms with Crippen molar-refractivity contribution in [2.24, 2.45) is 5.41 Å². The summed E-state index contributed by atoms with van der Waals surface area (Å²) in [6.45, 7) is 8.20. The maximum Gasteiger partial charge on any atom is 0.286 e. The van der Waals surface area contributed by atoms with Gasteiger partial charge in [0.1, 0.15) is 5.76 Å². The van der Waals surface area contributed by atoms with Gasteiger partial charge in [-0.2, -0.15) is 0 Å². The molecule has 1 amide bonds. The molecule has 1 fully saturated rings. The summed E-state index contributed by atoms with van der Waals surface area (Å²) in [6, 6.07) is 3.85. The third-order valence-electron chi connectivity index (χ3n) is 3.39. The molecule has 2 heterocycles. The molecule has 94 valence electrons. The van der Waals surface area contributed by atoms with Crippen LogP contribution in [0.1, 0.15) is 38.5 Å². The Bertz CT molecular complexity index is 431. The number of hydrogen-bond acceptors (Lipinski definition) is 2. The average molecular weight is 237 g/mol. The minimum atomic E-state index is -0.0399. The Hall–Kier alpha value is -1.29. The van der Waals surface area contributed by atoms with Crippen LogP contribution in [0, 0.1) is 12.3 Å². The van der Waals surface area contributed by atoms with Gasteiger partial charge in [-0.1, -0.05) is 20.8 Å². The molecule has 0 aliphatic carbocycles. The molecule has 4 heteroatoms.